The van der Waals surface area contributed by atoms with E-state index in [1.54, 1.807) is 29.2 Å². The minimum Gasteiger partial charge on any atom is -0.455 e. The average Bonchev–Trinajstić information content (AvgIpc) is 3.34. The summed E-state index contributed by atoms with van der Waals surface area (Å²) in [5.74, 6) is -0.586. The van der Waals surface area contributed by atoms with Crippen molar-refractivity contribution >= 4 is 29.2 Å². The van der Waals surface area contributed by atoms with Gasteiger partial charge in [0.25, 0.3) is 5.89 Å². The number of anilines is 1. The van der Waals surface area contributed by atoms with Crippen LogP contribution in [0.5, 0.6) is 0 Å². The number of esters is 1. The van der Waals surface area contributed by atoms with Crippen molar-refractivity contribution in [2.24, 2.45) is 5.92 Å². The van der Waals surface area contributed by atoms with E-state index in [4.69, 9.17) is 20.8 Å². The van der Waals surface area contributed by atoms with Crippen molar-refractivity contribution in [3.05, 3.63) is 65.0 Å². The molecular formula is C21H18ClN3O4. The molecule has 0 N–H and O–H groups in total. The zero-order valence-electron chi connectivity index (χ0n) is 15.7. The molecule has 8 heteroatoms. The third-order valence-electron chi connectivity index (χ3n) is 4.70. The quantitative estimate of drug-likeness (QED) is 0.594. The fraction of sp³-hybridized carbons (Fsp3) is 0.238. The largest absolute Gasteiger partial charge is 0.455 e. The molecule has 1 fully saturated rings. The lowest BCUT2D eigenvalue weighted by molar-refractivity contribution is -0.150. The molecule has 1 aliphatic heterocycles. The number of rotatable bonds is 5. The van der Waals surface area contributed by atoms with Crippen LogP contribution in [0.3, 0.4) is 0 Å². The molecule has 1 amide bonds. The molecule has 3 aromatic rings. The summed E-state index contributed by atoms with van der Waals surface area (Å²) >= 11 is 5.87. The van der Waals surface area contributed by atoms with Gasteiger partial charge in [-0.2, -0.15) is 0 Å². The van der Waals surface area contributed by atoms with Crippen LogP contribution >= 0.6 is 11.6 Å². The number of aromatic nitrogens is 2. The highest BCUT2D eigenvalue weighted by Gasteiger charge is 2.36. The monoisotopic (exact) mass is 411 g/mol. The lowest BCUT2D eigenvalue weighted by atomic mass is 10.1. The van der Waals surface area contributed by atoms with Crippen molar-refractivity contribution in [3.8, 4) is 11.5 Å². The average molecular weight is 412 g/mol. The predicted molar refractivity (Wildman–Crippen MR) is 106 cm³/mol. The third-order valence-corrected chi connectivity index (χ3v) is 4.95. The number of carbonyl (C=O) groups is 2. The number of carbonyl (C=O) groups excluding carboxylic acids is 2. The smallest absolute Gasteiger partial charge is 0.311 e. The molecule has 0 radical (unpaired) electrons. The van der Waals surface area contributed by atoms with Gasteiger partial charge in [-0.1, -0.05) is 29.3 Å². The van der Waals surface area contributed by atoms with E-state index in [0.29, 0.717) is 17.5 Å². The van der Waals surface area contributed by atoms with Crippen LogP contribution in [0.1, 0.15) is 17.9 Å². The zero-order valence-corrected chi connectivity index (χ0v) is 16.4. The third kappa shape index (κ3) is 4.30. The van der Waals surface area contributed by atoms with Crippen molar-refractivity contribution in [1.82, 2.24) is 10.2 Å². The first kappa shape index (κ1) is 19.1. The maximum Gasteiger partial charge on any atom is 0.311 e. The Morgan fingerprint density at radius 3 is 2.62 bits per heavy atom. The van der Waals surface area contributed by atoms with E-state index in [-0.39, 0.29) is 24.8 Å². The van der Waals surface area contributed by atoms with E-state index in [1.165, 1.54) is 0 Å². The zero-order chi connectivity index (χ0) is 20.4. The summed E-state index contributed by atoms with van der Waals surface area (Å²) in [6, 6.07) is 14.6. The van der Waals surface area contributed by atoms with Crippen LogP contribution in [0.15, 0.2) is 52.9 Å². The molecule has 7 nitrogen and oxygen atoms in total. The SMILES string of the molecule is Cc1ccc(N2CC(C(=O)OCc3nnc(-c4ccc(Cl)cc4)o3)CC2=O)cc1. The van der Waals surface area contributed by atoms with Crippen LogP contribution in [-0.4, -0.2) is 28.6 Å². The molecule has 0 saturated carbocycles. The van der Waals surface area contributed by atoms with Gasteiger partial charge in [-0.3, -0.25) is 9.59 Å². The van der Waals surface area contributed by atoms with Gasteiger partial charge < -0.3 is 14.1 Å². The first-order valence-electron chi connectivity index (χ1n) is 9.11. The van der Waals surface area contributed by atoms with Gasteiger partial charge >= 0.3 is 5.97 Å². The Kier molecular flexibility index (Phi) is 5.31. The summed E-state index contributed by atoms with van der Waals surface area (Å²) in [5, 5.41) is 8.45. The summed E-state index contributed by atoms with van der Waals surface area (Å²) in [6.45, 7) is 2.13. The standard InChI is InChI=1S/C21H18ClN3O4/c1-13-2-8-17(9-3-13)25-11-15(10-19(25)26)21(27)28-12-18-23-24-20(29-18)14-4-6-16(22)7-5-14/h2-9,15H,10-12H2,1H3. The van der Waals surface area contributed by atoms with E-state index in [2.05, 4.69) is 10.2 Å². The predicted octanol–water partition coefficient (Wildman–Crippen LogP) is 3.79. The first-order chi connectivity index (χ1) is 14.0. The van der Waals surface area contributed by atoms with Gasteiger partial charge in [0, 0.05) is 29.2 Å². The Labute approximate surface area is 172 Å². The highest BCUT2D eigenvalue weighted by molar-refractivity contribution is 6.30. The van der Waals surface area contributed by atoms with Gasteiger partial charge in [-0.05, 0) is 43.3 Å². The Morgan fingerprint density at radius 1 is 1.17 bits per heavy atom. The van der Waals surface area contributed by atoms with Crippen molar-refractivity contribution in [2.45, 2.75) is 20.0 Å². The molecule has 4 rings (SSSR count). The molecule has 1 aliphatic rings. The summed E-state index contributed by atoms with van der Waals surface area (Å²) in [6.07, 6.45) is 0.118. The van der Waals surface area contributed by atoms with Crippen molar-refractivity contribution in [3.63, 3.8) is 0 Å². The maximum atomic E-state index is 12.4. The highest BCUT2D eigenvalue weighted by Crippen LogP contribution is 2.26. The number of hydrogen-bond acceptors (Lipinski definition) is 6. The van der Waals surface area contributed by atoms with Gasteiger partial charge in [-0.15, -0.1) is 10.2 Å². The fourth-order valence-electron chi connectivity index (χ4n) is 3.11. The Morgan fingerprint density at radius 2 is 1.90 bits per heavy atom. The molecule has 1 aromatic heterocycles. The molecule has 1 atom stereocenters. The molecule has 1 saturated heterocycles. The molecule has 148 valence electrons. The van der Waals surface area contributed by atoms with Crippen LogP contribution in [0.25, 0.3) is 11.5 Å². The first-order valence-corrected chi connectivity index (χ1v) is 9.49. The van der Waals surface area contributed by atoms with Gasteiger partial charge in [0.1, 0.15) is 0 Å². The summed E-state index contributed by atoms with van der Waals surface area (Å²) < 4.78 is 10.8. The highest BCUT2D eigenvalue weighted by atomic mass is 35.5. The van der Waals surface area contributed by atoms with Crippen molar-refractivity contribution in [2.75, 3.05) is 11.4 Å². The second-order valence-corrected chi connectivity index (χ2v) is 7.29. The number of amides is 1. The van der Waals surface area contributed by atoms with E-state index >= 15 is 0 Å². The number of ether oxygens (including phenoxy) is 1. The number of halogens is 1. The lowest BCUT2D eigenvalue weighted by Crippen LogP contribution is -2.26. The summed E-state index contributed by atoms with van der Waals surface area (Å²) in [7, 11) is 0. The van der Waals surface area contributed by atoms with Gasteiger partial charge in [-0.25, -0.2) is 0 Å². The van der Waals surface area contributed by atoms with E-state index < -0.39 is 11.9 Å². The normalized spacial score (nSPS) is 16.3. The fourth-order valence-corrected chi connectivity index (χ4v) is 3.24. The molecule has 0 aliphatic carbocycles. The number of nitrogens with zero attached hydrogens (tertiary/aromatic N) is 3. The minimum absolute atomic E-state index is 0.0985. The van der Waals surface area contributed by atoms with Gasteiger partial charge in [0.15, 0.2) is 6.61 Å². The van der Waals surface area contributed by atoms with E-state index in [0.717, 1.165) is 16.8 Å². The van der Waals surface area contributed by atoms with E-state index in [1.807, 2.05) is 31.2 Å². The van der Waals surface area contributed by atoms with E-state index in [9.17, 15) is 9.59 Å². The maximum absolute atomic E-state index is 12.4. The second kappa shape index (κ2) is 8.05. The van der Waals surface area contributed by atoms with Gasteiger partial charge in [0.05, 0.1) is 5.92 Å². The Hall–Kier alpha value is -3.19. The second-order valence-electron chi connectivity index (χ2n) is 6.86. The Balaban J connectivity index is 1.35. The summed E-state index contributed by atoms with van der Waals surface area (Å²) in [4.78, 5) is 26.3. The molecule has 2 heterocycles. The molecule has 0 spiro atoms. The summed E-state index contributed by atoms with van der Waals surface area (Å²) in [5.41, 5.74) is 2.60. The molecule has 0 bridgehead atoms. The van der Waals surface area contributed by atoms with Crippen LogP contribution in [0, 0.1) is 12.8 Å². The minimum atomic E-state index is -0.525. The molecular weight excluding hydrogens is 394 g/mol. The number of aryl methyl sites for hydroxylation is 1. The van der Waals surface area contributed by atoms with Crippen LogP contribution in [0.4, 0.5) is 5.69 Å². The van der Waals surface area contributed by atoms with Crippen molar-refractivity contribution in [1.29, 1.82) is 0 Å². The van der Waals surface area contributed by atoms with Crippen LogP contribution < -0.4 is 4.90 Å². The lowest BCUT2D eigenvalue weighted by Gasteiger charge is -2.16. The van der Waals surface area contributed by atoms with Gasteiger partial charge in [0.2, 0.25) is 11.8 Å². The molecule has 2 aromatic carbocycles. The van der Waals surface area contributed by atoms with Crippen LogP contribution in [-0.2, 0) is 20.9 Å². The van der Waals surface area contributed by atoms with Crippen LogP contribution in [0.2, 0.25) is 5.02 Å². The Bertz CT molecular complexity index is 1030. The number of hydrogen-bond donors (Lipinski definition) is 0. The number of benzene rings is 2. The molecule has 1 unspecified atom stereocenters. The van der Waals surface area contributed by atoms with Crippen molar-refractivity contribution < 1.29 is 18.7 Å². The topological polar surface area (TPSA) is 85.5 Å². The molecule has 29 heavy (non-hydrogen) atoms.